The van der Waals surface area contributed by atoms with Crippen molar-refractivity contribution in [2.24, 2.45) is 7.05 Å². The lowest BCUT2D eigenvalue weighted by molar-refractivity contribution is -0.115. The molecule has 0 bridgehead atoms. The molecule has 0 spiro atoms. The van der Waals surface area contributed by atoms with Gasteiger partial charge in [0.15, 0.2) is 5.65 Å². The second kappa shape index (κ2) is 8.67. The summed E-state index contributed by atoms with van der Waals surface area (Å²) in [4.78, 5) is 23.6. The first kappa shape index (κ1) is 19.5. The molecular weight excluding hydrogens is 402 g/mol. The number of rotatable bonds is 6. The van der Waals surface area contributed by atoms with E-state index >= 15 is 0 Å². The first-order valence-corrected chi connectivity index (χ1v) is 10.7. The van der Waals surface area contributed by atoms with Crippen LogP contribution in [-0.2, 0) is 11.8 Å². The minimum atomic E-state index is -0.330. The van der Waals surface area contributed by atoms with Crippen LogP contribution >= 0.6 is 23.5 Å². The van der Waals surface area contributed by atoms with Gasteiger partial charge in [-0.25, -0.2) is 9.97 Å². The fraction of sp³-hybridized carbons (Fsp3) is 0.143. The van der Waals surface area contributed by atoms with Crippen LogP contribution in [0.4, 0.5) is 5.69 Å². The number of hydrogen-bond acceptors (Lipinski definition) is 6. The zero-order valence-electron chi connectivity index (χ0n) is 15.9. The molecule has 1 N–H and O–H groups in total. The second-order valence-corrected chi connectivity index (χ2v) is 8.79. The van der Waals surface area contributed by atoms with Gasteiger partial charge in [-0.05, 0) is 31.2 Å². The van der Waals surface area contributed by atoms with E-state index in [0.29, 0.717) is 0 Å². The molecule has 4 aromatic rings. The summed E-state index contributed by atoms with van der Waals surface area (Å²) >= 11 is 3.02. The number of thioether (sulfide) groups is 1. The van der Waals surface area contributed by atoms with Gasteiger partial charge in [0.25, 0.3) is 0 Å². The Hall–Kier alpha value is -2.84. The molecule has 0 radical (unpaired) electrons. The third-order valence-corrected chi connectivity index (χ3v) is 6.47. The molecule has 2 aromatic carbocycles. The van der Waals surface area contributed by atoms with Gasteiger partial charge in [-0.1, -0.05) is 53.9 Å². The van der Waals surface area contributed by atoms with E-state index in [1.165, 1.54) is 18.1 Å². The van der Waals surface area contributed by atoms with Gasteiger partial charge in [0.2, 0.25) is 5.91 Å². The third-order valence-electron chi connectivity index (χ3n) is 4.27. The Labute approximate surface area is 177 Å². The van der Waals surface area contributed by atoms with Crippen molar-refractivity contribution in [1.82, 2.24) is 19.7 Å². The van der Waals surface area contributed by atoms with Gasteiger partial charge in [0.05, 0.1) is 22.5 Å². The summed E-state index contributed by atoms with van der Waals surface area (Å²) in [6.45, 7) is 1.87. The summed E-state index contributed by atoms with van der Waals surface area (Å²) in [5.74, 6) is -0.0771. The molecule has 4 rings (SSSR count). The molecule has 0 unspecified atom stereocenters. The zero-order chi connectivity index (χ0) is 20.2. The first-order chi connectivity index (χ1) is 14.1. The Balaban J connectivity index is 1.49. The average Bonchev–Trinajstić information content (AvgIpc) is 3.12. The summed E-state index contributed by atoms with van der Waals surface area (Å²) < 4.78 is 1.70. The lowest BCUT2D eigenvalue weighted by atomic mass is 10.3. The smallest absolute Gasteiger partial charge is 0.237 e. The predicted molar refractivity (Wildman–Crippen MR) is 117 cm³/mol. The maximum absolute atomic E-state index is 12.9. The molecular formula is C21H19N5OS2. The van der Waals surface area contributed by atoms with Gasteiger partial charge in [-0.2, -0.15) is 5.10 Å². The largest absolute Gasteiger partial charge is 0.324 e. The Kier molecular flexibility index (Phi) is 5.82. The maximum Gasteiger partial charge on any atom is 0.237 e. The van der Waals surface area contributed by atoms with Crippen molar-refractivity contribution in [3.63, 3.8) is 0 Å². The van der Waals surface area contributed by atoms with Crippen molar-refractivity contribution in [2.45, 2.75) is 27.0 Å². The number of aryl methyl sites for hydroxylation is 1. The molecule has 1 amide bonds. The molecule has 146 valence electrons. The number of nitrogens with zero attached hydrogens (tertiary/aromatic N) is 4. The van der Waals surface area contributed by atoms with E-state index < -0.39 is 0 Å². The number of hydrogen-bond donors (Lipinski definition) is 1. The summed E-state index contributed by atoms with van der Waals surface area (Å²) in [5, 5.41) is 8.55. The topological polar surface area (TPSA) is 72.7 Å². The molecule has 8 heteroatoms. The normalized spacial score (nSPS) is 12.1. The van der Waals surface area contributed by atoms with Crippen LogP contribution in [0.2, 0.25) is 0 Å². The summed E-state index contributed by atoms with van der Waals surface area (Å²) in [5.41, 5.74) is 1.55. The Morgan fingerprint density at radius 3 is 2.66 bits per heavy atom. The highest BCUT2D eigenvalue weighted by Gasteiger charge is 2.19. The summed E-state index contributed by atoms with van der Waals surface area (Å²) in [7, 11) is 1.83. The molecule has 1 atom stereocenters. The van der Waals surface area contributed by atoms with Crippen molar-refractivity contribution in [2.75, 3.05) is 5.32 Å². The number of carbonyl (C=O) groups excluding carboxylic acids is 1. The molecule has 0 saturated carbocycles. The van der Waals surface area contributed by atoms with E-state index in [0.717, 1.165) is 31.5 Å². The fourth-order valence-electron chi connectivity index (χ4n) is 2.76. The van der Waals surface area contributed by atoms with Crippen LogP contribution in [0.5, 0.6) is 0 Å². The highest BCUT2D eigenvalue weighted by molar-refractivity contribution is 8.00. The number of fused-ring (bicyclic) bond motifs is 1. The molecule has 0 aliphatic rings. The van der Waals surface area contributed by atoms with Crippen LogP contribution in [0.1, 0.15) is 6.92 Å². The third kappa shape index (κ3) is 4.44. The van der Waals surface area contributed by atoms with Crippen LogP contribution in [-0.4, -0.2) is 30.9 Å². The number of carbonyl (C=O) groups is 1. The van der Waals surface area contributed by atoms with E-state index in [-0.39, 0.29) is 11.2 Å². The van der Waals surface area contributed by atoms with E-state index in [1.54, 1.807) is 22.6 Å². The fourth-order valence-corrected chi connectivity index (χ4v) is 4.57. The summed E-state index contributed by atoms with van der Waals surface area (Å²) in [6, 6.07) is 17.9. The SMILES string of the molecule is C[C@H](Sc1ncnc2c1cnn2C)C(=O)Nc1ccccc1Sc1ccccc1. The molecule has 2 heterocycles. The van der Waals surface area contributed by atoms with Gasteiger partial charge >= 0.3 is 0 Å². The minimum absolute atomic E-state index is 0.0771. The molecule has 6 nitrogen and oxygen atoms in total. The predicted octanol–water partition coefficient (Wildman–Crippen LogP) is 4.63. The summed E-state index contributed by atoms with van der Waals surface area (Å²) in [6.07, 6.45) is 3.23. The average molecular weight is 422 g/mol. The van der Waals surface area contributed by atoms with Crippen molar-refractivity contribution in [3.8, 4) is 0 Å². The van der Waals surface area contributed by atoms with E-state index in [4.69, 9.17) is 0 Å². The number of benzene rings is 2. The van der Waals surface area contributed by atoms with Gasteiger partial charge in [0.1, 0.15) is 11.4 Å². The molecule has 0 saturated heterocycles. The van der Waals surface area contributed by atoms with Crippen molar-refractivity contribution < 1.29 is 4.79 Å². The molecule has 2 aromatic heterocycles. The van der Waals surface area contributed by atoms with Crippen molar-refractivity contribution in [1.29, 1.82) is 0 Å². The monoisotopic (exact) mass is 421 g/mol. The molecule has 0 fully saturated rings. The minimum Gasteiger partial charge on any atom is -0.324 e. The van der Waals surface area contributed by atoms with Gasteiger partial charge < -0.3 is 5.32 Å². The zero-order valence-corrected chi connectivity index (χ0v) is 17.6. The Morgan fingerprint density at radius 1 is 1.07 bits per heavy atom. The molecule has 0 aliphatic heterocycles. The second-order valence-electron chi connectivity index (χ2n) is 6.34. The number of amides is 1. The van der Waals surface area contributed by atoms with Crippen LogP contribution in [0.25, 0.3) is 11.0 Å². The quantitative estimate of drug-likeness (QED) is 0.361. The Bertz CT molecular complexity index is 1150. The van der Waals surface area contributed by atoms with Crippen LogP contribution in [0, 0.1) is 0 Å². The van der Waals surface area contributed by atoms with Crippen molar-refractivity contribution in [3.05, 3.63) is 67.1 Å². The number of anilines is 1. The van der Waals surface area contributed by atoms with Crippen molar-refractivity contribution >= 4 is 46.2 Å². The van der Waals surface area contributed by atoms with Crippen LogP contribution in [0.3, 0.4) is 0 Å². The lowest BCUT2D eigenvalue weighted by Gasteiger charge is -2.14. The number of nitrogens with one attached hydrogen (secondary N) is 1. The number of para-hydroxylation sites is 1. The maximum atomic E-state index is 12.9. The van der Waals surface area contributed by atoms with Crippen LogP contribution < -0.4 is 5.32 Å². The van der Waals surface area contributed by atoms with Gasteiger partial charge in [0, 0.05) is 16.8 Å². The van der Waals surface area contributed by atoms with Crippen LogP contribution in [0.15, 0.2) is 81.9 Å². The highest BCUT2D eigenvalue weighted by Crippen LogP contribution is 2.34. The van der Waals surface area contributed by atoms with E-state index in [9.17, 15) is 4.79 Å². The first-order valence-electron chi connectivity index (χ1n) is 9.04. The highest BCUT2D eigenvalue weighted by atomic mass is 32.2. The van der Waals surface area contributed by atoms with Gasteiger partial charge in [-0.15, -0.1) is 0 Å². The van der Waals surface area contributed by atoms with Gasteiger partial charge in [-0.3, -0.25) is 9.48 Å². The standard InChI is InChI=1S/C21H19N5OS2/c1-14(28-21-16-12-24-26(2)19(16)22-13-23-21)20(27)25-17-10-6-7-11-18(17)29-15-8-4-3-5-9-15/h3-14H,1-2H3,(H,25,27)/t14-/m0/s1. The molecule has 0 aliphatic carbocycles. The van der Waals surface area contributed by atoms with E-state index in [1.807, 2.05) is 56.4 Å². The van der Waals surface area contributed by atoms with E-state index in [2.05, 4.69) is 32.5 Å². The molecule has 29 heavy (non-hydrogen) atoms. The lowest BCUT2D eigenvalue weighted by Crippen LogP contribution is -2.22. The number of aromatic nitrogens is 4. The Morgan fingerprint density at radius 2 is 1.83 bits per heavy atom.